The van der Waals surface area contributed by atoms with Crippen molar-refractivity contribution in [2.24, 2.45) is 0 Å². The third kappa shape index (κ3) is 4.25. The molecule has 1 aliphatic rings. The quantitative estimate of drug-likeness (QED) is 0.436. The van der Waals surface area contributed by atoms with Gasteiger partial charge in [0.05, 0.1) is 12.0 Å². The van der Waals surface area contributed by atoms with Gasteiger partial charge in [-0.2, -0.15) is 0 Å². The summed E-state index contributed by atoms with van der Waals surface area (Å²) < 4.78 is 5.20. The van der Waals surface area contributed by atoms with Crippen LogP contribution in [0.2, 0.25) is 0 Å². The highest BCUT2D eigenvalue weighted by Gasteiger charge is 2.47. The lowest BCUT2D eigenvalue weighted by Crippen LogP contribution is -2.61. The van der Waals surface area contributed by atoms with Crippen LogP contribution in [0, 0.1) is 10.1 Å². The molecule has 8 heteroatoms. The van der Waals surface area contributed by atoms with E-state index < -0.39 is 22.3 Å². The van der Waals surface area contributed by atoms with E-state index in [9.17, 15) is 19.7 Å². The lowest BCUT2D eigenvalue weighted by Gasteiger charge is -2.42. The molecule has 1 N–H and O–H groups in total. The maximum Gasteiger partial charge on any atom is 0.269 e. The lowest BCUT2D eigenvalue weighted by molar-refractivity contribution is -0.384. The molecule has 2 amide bonds. The minimum Gasteiger partial charge on any atom is -0.497 e. The molecular weight excluding hydrogens is 434 g/mol. The van der Waals surface area contributed by atoms with Gasteiger partial charge in [0.1, 0.15) is 11.3 Å². The van der Waals surface area contributed by atoms with Crippen LogP contribution in [0.4, 0.5) is 11.4 Å². The molecule has 0 aliphatic carbocycles. The molecular formula is C26H23N3O5. The minimum absolute atomic E-state index is 0.0512. The normalized spacial score (nSPS) is 19.5. The number of nitrogens with one attached hydrogen (secondary N) is 1. The summed E-state index contributed by atoms with van der Waals surface area (Å²) in [7, 11) is 1.56. The van der Waals surface area contributed by atoms with Crippen LogP contribution in [0.25, 0.3) is 0 Å². The van der Waals surface area contributed by atoms with Crippen molar-refractivity contribution in [3.05, 3.63) is 112 Å². The van der Waals surface area contributed by atoms with Crippen molar-refractivity contribution >= 4 is 23.2 Å². The first kappa shape index (κ1) is 22.7. The van der Waals surface area contributed by atoms with Crippen molar-refractivity contribution in [2.45, 2.75) is 18.4 Å². The predicted octanol–water partition coefficient (Wildman–Crippen LogP) is 4.44. The Morgan fingerprint density at radius 2 is 1.68 bits per heavy atom. The molecule has 3 aromatic rings. The standard InChI is InChI=1S/C26H23N3O5/c1-26(27-24(30)19-6-4-3-5-7-19)23(18-8-10-21(11-9-18)29(32)33)16-17-28(25(26)31)20-12-14-22(34-2)15-13-20/h3-17,23H,1-2H3,(H,27,30)/t23-,26-/m0/s1. The van der Waals surface area contributed by atoms with E-state index >= 15 is 0 Å². The number of benzene rings is 3. The third-order valence-corrected chi connectivity index (χ3v) is 5.94. The number of nitro benzene ring substituents is 1. The number of amides is 2. The van der Waals surface area contributed by atoms with Crippen LogP contribution >= 0.6 is 0 Å². The minimum atomic E-state index is -1.36. The second-order valence-electron chi connectivity index (χ2n) is 8.06. The van der Waals surface area contributed by atoms with Crippen molar-refractivity contribution in [2.75, 3.05) is 12.0 Å². The summed E-state index contributed by atoms with van der Waals surface area (Å²) >= 11 is 0. The zero-order chi connectivity index (χ0) is 24.3. The first-order chi connectivity index (χ1) is 16.3. The molecule has 3 aromatic carbocycles. The number of nitro groups is 1. The number of carbonyl (C=O) groups excluding carboxylic acids is 2. The number of hydrogen-bond acceptors (Lipinski definition) is 5. The maximum absolute atomic E-state index is 13.8. The van der Waals surface area contributed by atoms with Crippen molar-refractivity contribution in [1.82, 2.24) is 5.32 Å². The van der Waals surface area contributed by atoms with Crippen molar-refractivity contribution in [3.8, 4) is 5.75 Å². The van der Waals surface area contributed by atoms with Crippen LogP contribution in [0.15, 0.2) is 91.1 Å². The second-order valence-corrected chi connectivity index (χ2v) is 8.06. The number of carbonyl (C=O) groups is 2. The highest BCUT2D eigenvalue weighted by molar-refractivity contribution is 6.07. The van der Waals surface area contributed by atoms with Gasteiger partial charge in [-0.15, -0.1) is 0 Å². The number of non-ortho nitro benzene ring substituents is 1. The summed E-state index contributed by atoms with van der Waals surface area (Å²) in [6.45, 7) is 1.67. The third-order valence-electron chi connectivity index (χ3n) is 5.94. The van der Waals surface area contributed by atoms with E-state index in [1.54, 1.807) is 87.0 Å². The van der Waals surface area contributed by atoms with Gasteiger partial charge in [0.2, 0.25) is 0 Å². The van der Waals surface area contributed by atoms with E-state index in [0.29, 0.717) is 22.6 Å². The maximum atomic E-state index is 13.8. The molecule has 1 heterocycles. The van der Waals surface area contributed by atoms with Gasteiger partial charge in [-0.3, -0.25) is 24.6 Å². The van der Waals surface area contributed by atoms with Gasteiger partial charge in [0.25, 0.3) is 17.5 Å². The first-order valence-corrected chi connectivity index (χ1v) is 10.6. The molecule has 0 saturated carbocycles. The topological polar surface area (TPSA) is 102 Å². The average Bonchev–Trinajstić information content (AvgIpc) is 2.86. The zero-order valence-electron chi connectivity index (χ0n) is 18.7. The smallest absolute Gasteiger partial charge is 0.269 e. The Kier molecular flexibility index (Phi) is 6.14. The van der Waals surface area contributed by atoms with E-state index in [-0.39, 0.29) is 11.6 Å². The Balaban J connectivity index is 1.75. The van der Waals surface area contributed by atoms with Crippen LogP contribution in [-0.2, 0) is 4.79 Å². The van der Waals surface area contributed by atoms with Crippen molar-refractivity contribution in [1.29, 1.82) is 0 Å². The van der Waals surface area contributed by atoms with Gasteiger partial charge in [0.15, 0.2) is 0 Å². The Morgan fingerprint density at radius 3 is 2.26 bits per heavy atom. The average molecular weight is 457 g/mol. The molecule has 0 bridgehead atoms. The lowest BCUT2D eigenvalue weighted by atomic mass is 9.77. The van der Waals surface area contributed by atoms with Crippen LogP contribution in [0.3, 0.4) is 0 Å². The molecule has 0 fully saturated rings. The second kappa shape index (κ2) is 9.19. The predicted molar refractivity (Wildman–Crippen MR) is 128 cm³/mol. The highest BCUT2D eigenvalue weighted by atomic mass is 16.6. The van der Waals surface area contributed by atoms with Crippen LogP contribution in [-0.4, -0.2) is 29.4 Å². The van der Waals surface area contributed by atoms with Gasteiger partial charge < -0.3 is 10.1 Å². The van der Waals surface area contributed by atoms with Crippen LogP contribution in [0.1, 0.15) is 28.8 Å². The van der Waals surface area contributed by atoms with Gasteiger partial charge in [-0.25, -0.2) is 0 Å². The Hall–Kier alpha value is -4.46. The molecule has 0 unspecified atom stereocenters. The number of hydrogen-bond donors (Lipinski definition) is 1. The molecule has 4 rings (SSSR count). The van der Waals surface area contributed by atoms with E-state index in [4.69, 9.17) is 4.74 Å². The summed E-state index contributed by atoms with van der Waals surface area (Å²) in [6, 6.07) is 21.6. The van der Waals surface area contributed by atoms with E-state index in [0.717, 1.165) is 0 Å². The van der Waals surface area contributed by atoms with Gasteiger partial charge in [0, 0.05) is 35.5 Å². The number of methoxy groups -OCH3 is 1. The van der Waals surface area contributed by atoms with Gasteiger partial charge in [-0.05, 0) is 48.9 Å². The molecule has 8 nitrogen and oxygen atoms in total. The molecule has 2 atom stereocenters. The number of rotatable bonds is 6. The zero-order valence-corrected chi connectivity index (χ0v) is 18.7. The fraction of sp³-hybridized carbons (Fsp3) is 0.154. The van der Waals surface area contributed by atoms with Crippen LogP contribution < -0.4 is 15.0 Å². The van der Waals surface area contributed by atoms with E-state index in [2.05, 4.69) is 5.32 Å². The Labute approximate surface area is 196 Å². The molecule has 0 radical (unpaired) electrons. The molecule has 34 heavy (non-hydrogen) atoms. The van der Waals surface area contributed by atoms with E-state index in [1.807, 2.05) is 6.08 Å². The van der Waals surface area contributed by atoms with E-state index in [1.165, 1.54) is 17.0 Å². The van der Waals surface area contributed by atoms with Crippen molar-refractivity contribution < 1.29 is 19.2 Å². The SMILES string of the molecule is COc1ccc(N2C=C[C@@H](c3ccc([N+](=O)[O-])cc3)[C@](C)(NC(=O)c3ccccc3)C2=O)cc1. The highest BCUT2D eigenvalue weighted by Crippen LogP contribution is 2.38. The largest absolute Gasteiger partial charge is 0.497 e. The Bertz CT molecular complexity index is 1240. The molecule has 0 spiro atoms. The molecule has 0 aromatic heterocycles. The summed E-state index contributed by atoms with van der Waals surface area (Å²) in [4.78, 5) is 39.0. The summed E-state index contributed by atoms with van der Waals surface area (Å²) in [5, 5.41) is 14.0. The summed E-state index contributed by atoms with van der Waals surface area (Å²) in [6.07, 6.45) is 3.48. The monoisotopic (exact) mass is 457 g/mol. The molecule has 1 aliphatic heterocycles. The summed E-state index contributed by atoms with van der Waals surface area (Å²) in [5.74, 6) is -0.634. The molecule has 172 valence electrons. The summed E-state index contributed by atoms with van der Waals surface area (Å²) in [5.41, 5.74) is 0.289. The van der Waals surface area contributed by atoms with Gasteiger partial charge >= 0.3 is 0 Å². The fourth-order valence-electron chi connectivity index (χ4n) is 4.04. The number of ether oxygens (including phenoxy) is 1. The van der Waals surface area contributed by atoms with Crippen molar-refractivity contribution in [3.63, 3.8) is 0 Å². The number of nitrogens with zero attached hydrogens (tertiary/aromatic N) is 2. The fourth-order valence-corrected chi connectivity index (χ4v) is 4.04. The van der Waals surface area contributed by atoms with Crippen LogP contribution in [0.5, 0.6) is 5.75 Å². The van der Waals surface area contributed by atoms with Gasteiger partial charge in [-0.1, -0.05) is 36.4 Å². The molecule has 0 saturated heterocycles. The first-order valence-electron chi connectivity index (χ1n) is 10.6. The Morgan fingerprint density at radius 1 is 1.03 bits per heavy atom. The number of anilines is 1.